The summed E-state index contributed by atoms with van der Waals surface area (Å²) >= 11 is 5.76. The molecule has 1 fully saturated rings. The van der Waals surface area contributed by atoms with E-state index in [9.17, 15) is 0 Å². The monoisotopic (exact) mass is 161 g/mol. The summed E-state index contributed by atoms with van der Waals surface area (Å²) < 4.78 is 0. The molecule has 1 aliphatic rings. The average molecular weight is 162 g/mol. The van der Waals surface area contributed by atoms with Crippen molar-refractivity contribution in [2.45, 2.75) is 32.7 Å². The van der Waals surface area contributed by atoms with Gasteiger partial charge in [-0.05, 0) is 18.3 Å². The van der Waals surface area contributed by atoms with Gasteiger partial charge in [-0.1, -0.05) is 13.8 Å². The molecule has 0 spiro atoms. The molecule has 0 aromatic heterocycles. The second-order valence-corrected chi connectivity index (χ2v) is 4.22. The molecule has 1 aliphatic carbocycles. The van der Waals surface area contributed by atoms with E-state index < -0.39 is 0 Å². The Morgan fingerprint density at radius 2 is 2.10 bits per heavy atom. The van der Waals surface area contributed by atoms with E-state index in [4.69, 9.17) is 11.6 Å². The normalized spacial score (nSPS) is 19.5. The summed E-state index contributed by atoms with van der Waals surface area (Å²) in [4.78, 5) is 0. The Balaban J connectivity index is 2.09. The largest absolute Gasteiger partial charge is 0.313 e. The van der Waals surface area contributed by atoms with Gasteiger partial charge in [-0.15, -0.1) is 11.6 Å². The van der Waals surface area contributed by atoms with Gasteiger partial charge in [0, 0.05) is 18.5 Å². The minimum atomic E-state index is 0.268. The van der Waals surface area contributed by atoms with Crippen molar-refractivity contribution < 1.29 is 0 Å². The van der Waals surface area contributed by atoms with Gasteiger partial charge in [-0.2, -0.15) is 0 Å². The SMILES string of the molecule is CC(C)(CCl)CNC1CC1. The smallest absolute Gasteiger partial charge is 0.0286 e. The van der Waals surface area contributed by atoms with E-state index in [1.54, 1.807) is 0 Å². The fourth-order valence-electron chi connectivity index (χ4n) is 0.755. The molecule has 1 rings (SSSR count). The minimum Gasteiger partial charge on any atom is -0.313 e. The van der Waals surface area contributed by atoms with Crippen molar-refractivity contribution in [1.82, 2.24) is 5.32 Å². The maximum Gasteiger partial charge on any atom is 0.0286 e. The van der Waals surface area contributed by atoms with E-state index in [0.717, 1.165) is 18.5 Å². The van der Waals surface area contributed by atoms with Crippen LogP contribution >= 0.6 is 11.6 Å². The fourth-order valence-corrected chi connectivity index (χ4v) is 0.850. The summed E-state index contributed by atoms with van der Waals surface area (Å²) in [5.41, 5.74) is 0.268. The Hall–Kier alpha value is 0.250. The Labute approximate surface area is 68.1 Å². The molecule has 1 nitrogen and oxygen atoms in total. The van der Waals surface area contributed by atoms with E-state index >= 15 is 0 Å². The highest BCUT2D eigenvalue weighted by atomic mass is 35.5. The standard InChI is InChI=1S/C8H16ClN/c1-8(2,5-9)6-10-7-3-4-7/h7,10H,3-6H2,1-2H3. The van der Waals surface area contributed by atoms with Crippen molar-refractivity contribution >= 4 is 11.6 Å². The number of rotatable bonds is 4. The zero-order valence-corrected chi connectivity index (χ0v) is 7.54. The van der Waals surface area contributed by atoms with Crippen molar-refractivity contribution in [2.75, 3.05) is 12.4 Å². The number of halogens is 1. The van der Waals surface area contributed by atoms with Crippen LogP contribution < -0.4 is 5.32 Å². The zero-order chi connectivity index (χ0) is 7.61. The lowest BCUT2D eigenvalue weighted by Crippen LogP contribution is -2.31. The topological polar surface area (TPSA) is 12.0 Å². The molecule has 0 amide bonds. The Morgan fingerprint density at radius 1 is 1.50 bits per heavy atom. The van der Waals surface area contributed by atoms with E-state index in [2.05, 4.69) is 19.2 Å². The molecular weight excluding hydrogens is 146 g/mol. The molecular formula is C8H16ClN. The van der Waals surface area contributed by atoms with Crippen molar-refractivity contribution in [3.8, 4) is 0 Å². The number of hydrogen-bond acceptors (Lipinski definition) is 1. The van der Waals surface area contributed by atoms with Gasteiger partial charge in [0.15, 0.2) is 0 Å². The van der Waals surface area contributed by atoms with Gasteiger partial charge >= 0.3 is 0 Å². The van der Waals surface area contributed by atoms with Crippen LogP contribution in [0.25, 0.3) is 0 Å². The number of nitrogens with one attached hydrogen (secondary N) is 1. The third-order valence-electron chi connectivity index (χ3n) is 1.81. The molecule has 10 heavy (non-hydrogen) atoms. The summed E-state index contributed by atoms with van der Waals surface area (Å²) in [5, 5.41) is 3.46. The summed E-state index contributed by atoms with van der Waals surface area (Å²) in [6.45, 7) is 5.44. The number of hydrogen-bond donors (Lipinski definition) is 1. The van der Waals surface area contributed by atoms with Crippen LogP contribution in [0.15, 0.2) is 0 Å². The first kappa shape index (κ1) is 8.35. The van der Waals surface area contributed by atoms with Crippen LogP contribution in [0, 0.1) is 5.41 Å². The molecule has 0 saturated heterocycles. The maximum atomic E-state index is 5.76. The fraction of sp³-hybridized carbons (Fsp3) is 1.00. The van der Waals surface area contributed by atoms with E-state index in [1.807, 2.05) is 0 Å². The third-order valence-corrected chi connectivity index (χ3v) is 2.53. The lowest BCUT2D eigenvalue weighted by molar-refractivity contribution is 0.384. The third kappa shape index (κ3) is 2.89. The molecule has 0 atom stereocenters. The molecule has 1 saturated carbocycles. The van der Waals surface area contributed by atoms with Crippen LogP contribution in [0.2, 0.25) is 0 Å². The highest BCUT2D eigenvalue weighted by molar-refractivity contribution is 6.18. The molecule has 1 N–H and O–H groups in total. The second-order valence-electron chi connectivity index (χ2n) is 3.95. The Morgan fingerprint density at radius 3 is 2.50 bits per heavy atom. The summed E-state index contributed by atoms with van der Waals surface area (Å²) in [7, 11) is 0. The van der Waals surface area contributed by atoms with Crippen LogP contribution in [0.1, 0.15) is 26.7 Å². The average Bonchev–Trinajstić information content (AvgIpc) is 2.66. The minimum absolute atomic E-state index is 0.268. The lowest BCUT2D eigenvalue weighted by atomic mass is 9.97. The van der Waals surface area contributed by atoms with Crippen molar-refractivity contribution in [3.05, 3.63) is 0 Å². The molecule has 0 unspecified atom stereocenters. The van der Waals surface area contributed by atoms with Crippen LogP contribution in [0.3, 0.4) is 0 Å². The summed E-state index contributed by atoms with van der Waals surface area (Å²) in [5.74, 6) is 0.743. The molecule has 2 heteroatoms. The summed E-state index contributed by atoms with van der Waals surface area (Å²) in [6.07, 6.45) is 2.72. The van der Waals surface area contributed by atoms with E-state index in [0.29, 0.717) is 0 Å². The van der Waals surface area contributed by atoms with Crippen molar-refractivity contribution in [1.29, 1.82) is 0 Å². The van der Waals surface area contributed by atoms with E-state index in [1.165, 1.54) is 12.8 Å². The van der Waals surface area contributed by atoms with Gasteiger partial charge in [0.05, 0.1) is 0 Å². The molecule has 60 valence electrons. The first-order chi connectivity index (χ1) is 4.64. The Bertz CT molecular complexity index is 108. The molecule has 0 heterocycles. The van der Waals surface area contributed by atoms with Gasteiger partial charge < -0.3 is 5.32 Å². The maximum absolute atomic E-state index is 5.76. The molecule has 0 aliphatic heterocycles. The van der Waals surface area contributed by atoms with Crippen LogP contribution in [0.4, 0.5) is 0 Å². The van der Waals surface area contributed by atoms with Crippen molar-refractivity contribution in [2.24, 2.45) is 5.41 Å². The first-order valence-corrected chi connectivity index (χ1v) is 4.47. The highest BCUT2D eigenvalue weighted by Crippen LogP contribution is 2.22. The van der Waals surface area contributed by atoms with Gasteiger partial charge in [-0.3, -0.25) is 0 Å². The van der Waals surface area contributed by atoms with Gasteiger partial charge in [0.25, 0.3) is 0 Å². The van der Waals surface area contributed by atoms with Crippen LogP contribution in [-0.4, -0.2) is 18.5 Å². The van der Waals surface area contributed by atoms with E-state index in [-0.39, 0.29) is 5.41 Å². The van der Waals surface area contributed by atoms with Gasteiger partial charge in [0.1, 0.15) is 0 Å². The quantitative estimate of drug-likeness (QED) is 0.622. The predicted octanol–water partition coefficient (Wildman–Crippen LogP) is 2.00. The second kappa shape index (κ2) is 3.10. The number of alkyl halides is 1. The Kier molecular flexibility index (Phi) is 2.59. The van der Waals surface area contributed by atoms with Crippen molar-refractivity contribution in [3.63, 3.8) is 0 Å². The highest BCUT2D eigenvalue weighted by Gasteiger charge is 2.24. The van der Waals surface area contributed by atoms with Crippen LogP contribution in [0.5, 0.6) is 0 Å². The molecule has 0 aromatic carbocycles. The van der Waals surface area contributed by atoms with Gasteiger partial charge in [-0.25, -0.2) is 0 Å². The predicted molar refractivity (Wildman–Crippen MR) is 45.5 cm³/mol. The summed E-state index contributed by atoms with van der Waals surface area (Å²) in [6, 6.07) is 0.808. The first-order valence-electron chi connectivity index (χ1n) is 3.93. The lowest BCUT2D eigenvalue weighted by Gasteiger charge is -2.21. The molecule has 0 aromatic rings. The van der Waals surface area contributed by atoms with Crippen LogP contribution in [-0.2, 0) is 0 Å². The molecule has 0 radical (unpaired) electrons. The zero-order valence-electron chi connectivity index (χ0n) is 6.78. The van der Waals surface area contributed by atoms with Gasteiger partial charge in [0.2, 0.25) is 0 Å². The molecule has 0 bridgehead atoms.